The molecule has 1 rings (SSSR count). The number of hydrogen-bond donors (Lipinski definition) is 1. The van der Waals surface area contributed by atoms with Crippen LogP contribution in [0, 0.1) is 0 Å². The van der Waals surface area contributed by atoms with Gasteiger partial charge >= 0.3 is 0 Å². The van der Waals surface area contributed by atoms with Crippen molar-refractivity contribution in [3.05, 3.63) is 16.4 Å². The standard InChI is InChI=1S/C16H30ClN3/c1-5-9-10-11-13(18-7-3)12-15-16(17)14(6-2)19-20(15)8-4/h13,18H,5-12H2,1-4H3. The minimum absolute atomic E-state index is 0.510. The molecule has 3 nitrogen and oxygen atoms in total. The third kappa shape index (κ3) is 4.78. The Kier molecular flexibility index (Phi) is 8.24. The summed E-state index contributed by atoms with van der Waals surface area (Å²) in [5, 5.41) is 9.09. The lowest BCUT2D eigenvalue weighted by Gasteiger charge is -2.18. The van der Waals surface area contributed by atoms with E-state index < -0.39 is 0 Å². The molecule has 20 heavy (non-hydrogen) atoms. The van der Waals surface area contributed by atoms with E-state index in [2.05, 4.69) is 42.8 Å². The zero-order chi connectivity index (χ0) is 15.0. The molecule has 0 aliphatic carbocycles. The minimum atomic E-state index is 0.510. The van der Waals surface area contributed by atoms with Crippen molar-refractivity contribution in [3.63, 3.8) is 0 Å². The number of aryl methyl sites for hydroxylation is 2. The minimum Gasteiger partial charge on any atom is -0.314 e. The average Bonchev–Trinajstić information content (AvgIpc) is 2.75. The van der Waals surface area contributed by atoms with Crippen LogP contribution in [-0.2, 0) is 19.4 Å². The maximum atomic E-state index is 6.50. The molecule has 1 heterocycles. The summed E-state index contributed by atoms with van der Waals surface area (Å²) in [4.78, 5) is 0. The Hall–Kier alpha value is -0.540. The Morgan fingerprint density at radius 2 is 1.95 bits per heavy atom. The first-order chi connectivity index (χ1) is 9.67. The molecule has 1 unspecified atom stereocenters. The van der Waals surface area contributed by atoms with E-state index in [1.54, 1.807) is 0 Å². The second-order valence-corrected chi connectivity index (χ2v) is 5.71. The van der Waals surface area contributed by atoms with Crippen LogP contribution in [-0.4, -0.2) is 22.4 Å². The lowest BCUT2D eigenvalue weighted by atomic mass is 10.0. The van der Waals surface area contributed by atoms with Crippen molar-refractivity contribution < 1.29 is 0 Å². The molecule has 1 atom stereocenters. The number of nitrogens with one attached hydrogen (secondary N) is 1. The number of likely N-dealkylation sites (N-methyl/N-ethyl adjacent to an activating group) is 1. The highest BCUT2D eigenvalue weighted by atomic mass is 35.5. The van der Waals surface area contributed by atoms with Crippen molar-refractivity contribution in [3.8, 4) is 0 Å². The second kappa shape index (κ2) is 9.41. The molecule has 1 aromatic rings. The van der Waals surface area contributed by atoms with Gasteiger partial charge in [-0.1, -0.05) is 51.6 Å². The van der Waals surface area contributed by atoms with Crippen molar-refractivity contribution >= 4 is 11.6 Å². The molecular weight excluding hydrogens is 270 g/mol. The monoisotopic (exact) mass is 299 g/mol. The predicted octanol–water partition coefficient (Wildman–Crippen LogP) is 4.22. The number of aromatic nitrogens is 2. The van der Waals surface area contributed by atoms with Crippen LogP contribution >= 0.6 is 11.6 Å². The lowest BCUT2D eigenvalue weighted by Crippen LogP contribution is -2.31. The van der Waals surface area contributed by atoms with E-state index in [9.17, 15) is 0 Å². The molecule has 116 valence electrons. The van der Waals surface area contributed by atoms with Crippen LogP contribution in [0.25, 0.3) is 0 Å². The topological polar surface area (TPSA) is 29.9 Å². The van der Waals surface area contributed by atoms with Gasteiger partial charge in [0.1, 0.15) is 0 Å². The van der Waals surface area contributed by atoms with E-state index in [0.29, 0.717) is 6.04 Å². The number of nitrogens with zero attached hydrogens (tertiary/aromatic N) is 2. The zero-order valence-corrected chi connectivity index (χ0v) is 14.3. The van der Waals surface area contributed by atoms with Gasteiger partial charge in [0.2, 0.25) is 0 Å². The summed E-state index contributed by atoms with van der Waals surface area (Å²) in [6.45, 7) is 10.6. The van der Waals surface area contributed by atoms with Gasteiger partial charge in [0.05, 0.1) is 16.4 Å². The van der Waals surface area contributed by atoms with E-state index in [0.717, 1.165) is 36.6 Å². The summed E-state index contributed by atoms with van der Waals surface area (Å²) in [6, 6.07) is 0.510. The van der Waals surface area contributed by atoms with E-state index in [-0.39, 0.29) is 0 Å². The van der Waals surface area contributed by atoms with Gasteiger partial charge in [-0.15, -0.1) is 0 Å². The molecule has 0 saturated heterocycles. The van der Waals surface area contributed by atoms with E-state index in [1.165, 1.54) is 31.4 Å². The Morgan fingerprint density at radius 1 is 1.20 bits per heavy atom. The second-order valence-electron chi connectivity index (χ2n) is 5.33. The van der Waals surface area contributed by atoms with Crippen molar-refractivity contribution in [2.24, 2.45) is 0 Å². The van der Waals surface area contributed by atoms with Gasteiger partial charge in [-0.2, -0.15) is 5.10 Å². The van der Waals surface area contributed by atoms with Gasteiger partial charge in [0.15, 0.2) is 0 Å². The molecule has 0 amide bonds. The summed E-state index contributed by atoms with van der Waals surface area (Å²) in [5.41, 5.74) is 2.24. The van der Waals surface area contributed by atoms with Gasteiger partial charge in [0.25, 0.3) is 0 Å². The summed E-state index contributed by atoms with van der Waals surface area (Å²) < 4.78 is 2.07. The molecule has 0 bridgehead atoms. The number of unbranched alkanes of at least 4 members (excludes halogenated alkanes) is 2. The number of rotatable bonds is 10. The van der Waals surface area contributed by atoms with Crippen LogP contribution in [0.4, 0.5) is 0 Å². The molecular formula is C16H30ClN3. The summed E-state index contributed by atoms with van der Waals surface area (Å²) in [5.74, 6) is 0. The fourth-order valence-electron chi connectivity index (χ4n) is 2.65. The van der Waals surface area contributed by atoms with Crippen molar-refractivity contribution in [2.45, 2.75) is 78.8 Å². The normalized spacial score (nSPS) is 12.8. The van der Waals surface area contributed by atoms with Gasteiger partial charge in [-0.3, -0.25) is 4.68 Å². The summed E-state index contributed by atoms with van der Waals surface area (Å²) in [6.07, 6.45) is 6.97. The van der Waals surface area contributed by atoms with Crippen LogP contribution in [0.2, 0.25) is 5.02 Å². The first-order valence-electron chi connectivity index (χ1n) is 8.15. The quantitative estimate of drug-likeness (QED) is 0.656. The van der Waals surface area contributed by atoms with Gasteiger partial charge in [0, 0.05) is 19.0 Å². The lowest BCUT2D eigenvalue weighted by molar-refractivity contribution is 0.452. The van der Waals surface area contributed by atoms with E-state index in [1.807, 2.05) is 0 Å². The first kappa shape index (κ1) is 17.5. The van der Waals surface area contributed by atoms with Crippen molar-refractivity contribution in [2.75, 3.05) is 6.54 Å². The highest BCUT2D eigenvalue weighted by Gasteiger charge is 2.18. The van der Waals surface area contributed by atoms with Gasteiger partial charge in [-0.25, -0.2) is 0 Å². The molecule has 0 fully saturated rings. The highest BCUT2D eigenvalue weighted by molar-refractivity contribution is 6.31. The predicted molar refractivity (Wildman–Crippen MR) is 87.6 cm³/mol. The van der Waals surface area contributed by atoms with Crippen LogP contribution < -0.4 is 5.32 Å². The number of halogens is 1. The third-order valence-corrected chi connectivity index (χ3v) is 4.22. The van der Waals surface area contributed by atoms with Crippen molar-refractivity contribution in [1.82, 2.24) is 15.1 Å². The van der Waals surface area contributed by atoms with Crippen LogP contribution in [0.5, 0.6) is 0 Å². The molecule has 1 N–H and O–H groups in total. The molecule has 0 aliphatic heterocycles. The smallest absolute Gasteiger partial charge is 0.0850 e. The van der Waals surface area contributed by atoms with Crippen LogP contribution in [0.3, 0.4) is 0 Å². The zero-order valence-electron chi connectivity index (χ0n) is 13.5. The SMILES string of the molecule is CCCCCC(Cc1c(Cl)c(CC)nn1CC)NCC. The van der Waals surface area contributed by atoms with Gasteiger partial charge in [-0.05, 0) is 26.3 Å². The average molecular weight is 300 g/mol. The van der Waals surface area contributed by atoms with Gasteiger partial charge < -0.3 is 5.32 Å². The molecule has 1 aromatic heterocycles. The highest BCUT2D eigenvalue weighted by Crippen LogP contribution is 2.24. The van der Waals surface area contributed by atoms with E-state index in [4.69, 9.17) is 11.6 Å². The fraction of sp³-hybridized carbons (Fsp3) is 0.812. The Labute approximate surface area is 129 Å². The van der Waals surface area contributed by atoms with Crippen LogP contribution in [0.15, 0.2) is 0 Å². The molecule has 0 aliphatic rings. The Morgan fingerprint density at radius 3 is 2.50 bits per heavy atom. The Balaban J connectivity index is 2.78. The maximum absolute atomic E-state index is 6.50. The van der Waals surface area contributed by atoms with Crippen molar-refractivity contribution in [1.29, 1.82) is 0 Å². The van der Waals surface area contributed by atoms with Crippen LogP contribution in [0.1, 0.15) is 64.8 Å². The van der Waals surface area contributed by atoms with E-state index >= 15 is 0 Å². The summed E-state index contributed by atoms with van der Waals surface area (Å²) in [7, 11) is 0. The molecule has 0 spiro atoms. The molecule has 0 radical (unpaired) electrons. The first-order valence-corrected chi connectivity index (χ1v) is 8.52. The molecule has 0 aromatic carbocycles. The summed E-state index contributed by atoms with van der Waals surface area (Å²) >= 11 is 6.50. The fourth-order valence-corrected chi connectivity index (χ4v) is 3.00. The number of hydrogen-bond acceptors (Lipinski definition) is 2. The third-order valence-electron chi connectivity index (χ3n) is 3.78. The Bertz CT molecular complexity index is 387. The maximum Gasteiger partial charge on any atom is 0.0850 e. The molecule has 4 heteroatoms. The largest absolute Gasteiger partial charge is 0.314 e. The molecule has 0 saturated carbocycles.